The van der Waals surface area contributed by atoms with Crippen LogP contribution in [-0.2, 0) is 9.84 Å². The molecule has 2 atom stereocenters. The zero-order valence-electron chi connectivity index (χ0n) is 17.0. The van der Waals surface area contributed by atoms with Gasteiger partial charge in [-0.2, -0.15) is 0 Å². The van der Waals surface area contributed by atoms with E-state index in [1.807, 2.05) is 13.0 Å². The lowest BCUT2D eigenvalue weighted by atomic mass is 9.96. The fourth-order valence-electron chi connectivity index (χ4n) is 4.82. The first-order valence-corrected chi connectivity index (χ1v) is 11.9. The Morgan fingerprint density at radius 3 is 2.55 bits per heavy atom. The topological polar surface area (TPSA) is 84.7 Å². The van der Waals surface area contributed by atoms with Gasteiger partial charge >= 0.3 is 0 Å². The largest absolute Gasteiger partial charge is 0.450 e. The number of carbonyl (C=O) groups is 1. The maximum Gasteiger partial charge on any atom is 0.291 e. The molecule has 1 aromatic heterocycles. The summed E-state index contributed by atoms with van der Waals surface area (Å²) in [6.45, 7) is 3.65. The molecule has 2 unspecified atom stereocenters. The van der Waals surface area contributed by atoms with Crippen LogP contribution in [0.4, 0.5) is 4.39 Å². The van der Waals surface area contributed by atoms with Crippen molar-refractivity contribution < 1.29 is 22.0 Å². The van der Waals surface area contributed by atoms with Gasteiger partial charge in [-0.05, 0) is 43.5 Å². The van der Waals surface area contributed by atoms with Crippen LogP contribution in [0.25, 0.3) is 11.0 Å². The van der Waals surface area contributed by atoms with E-state index in [9.17, 15) is 22.4 Å². The fraction of sp³-hybridized carbons (Fsp3) is 0.304. The molecule has 0 bridgehead atoms. The highest BCUT2D eigenvalue weighted by atomic mass is 32.2. The predicted octanol–water partition coefficient (Wildman–Crippen LogP) is 3.28. The summed E-state index contributed by atoms with van der Waals surface area (Å²) in [5.41, 5.74) is 1.71. The number of aryl methyl sites for hydroxylation is 2. The Bertz CT molecular complexity index is 1430. The van der Waals surface area contributed by atoms with Crippen molar-refractivity contribution in [2.45, 2.75) is 32.4 Å². The van der Waals surface area contributed by atoms with Gasteiger partial charge in [0.1, 0.15) is 11.4 Å². The number of fused-ring (bicyclic) bond motifs is 2. The van der Waals surface area contributed by atoms with Gasteiger partial charge in [0.25, 0.3) is 5.91 Å². The van der Waals surface area contributed by atoms with Crippen molar-refractivity contribution in [3.63, 3.8) is 0 Å². The zero-order chi connectivity index (χ0) is 22.1. The molecule has 0 radical (unpaired) electrons. The number of rotatable bonds is 2. The fourth-order valence-corrected chi connectivity index (χ4v) is 6.53. The molecule has 160 valence electrons. The lowest BCUT2D eigenvalue weighted by Crippen LogP contribution is -2.40. The second-order valence-corrected chi connectivity index (χ2v) is 10.6. The minimum atomic E-state index is -3.32. The molecule has 3 heterocycles. The molecule has 0 aliphatic carbocycles. The highest BCUT2D eigenvalue weighted by Crippen LogP contribution is 2.42. The molecule has 1 amide bonds. The summed E-state index contributed by atoms with van der Waals surface area (Å²) in [4.78, 5) is 28.3. The molecule has 31 heavy (non-hydrogen) atoms. The number of sulfone groups is 1. The van der Waals surface area contributed by atoms with Crippen molar-refractivity contribution in [1.29, 1.82) is 0 Å². The maximum absolute atomic E-state index is 14.9. The summed E-state index contributed by atoms with van der Waals surface area (Å²) in [6, 6.07) is 7.78. The van der Waals surface area contributed by atoms with Gasteiger partial charge in [-0.3, -0.25) is 9.59 Å². The molecule has 6 nitrogen and oxygen atoms in total. The van der Waals surface area contributed by atoms with Crippen LogP contribution in [0.15, 0.2) is 45.6 Å². The molecular formula is C23H20FNO5S. The smallest absolute Gasteiger partial charge is 0.291 e. The molecule has 1 saturated heterocycles. The molecule has 0 N–H and O–H groups in total. The number of amides is 1. The number of benzene rings is 2. The minimum Gasteiger partial charge on any atom is -0.450 e. The van der Waals surface area contributed by atoms with Crippen molar-refractivity contribution in [3.05, 3.63) is 80.5 Å². The summed E-state index contributed by atoms with van der Waals surface area (Å²) in [7, 11) is -3.32. The molecule has 2 aliphatic heterocycles. The minimum absolute atomic E-state index is 0.0521. The molecule has 5 rings (SSSR count). The summed E-state index contributed by atoms with van der Waals surface area (Å²) in [5, 5.41) is 0.325. The van der Waals surface area contributed by atoms with Gasteiger partial charge in [-0.1, -0.05) is 24.3 Å². The number of hydrogen-bond donors (Lipinski definition) is 0. The molecule has 8 heteroatoms. The summed E-state index contributed by atoms with van der Waals surface area (Å²) in [5.74, 6) is -1.56. The third-order valence-electron chi connectivity index (χ3n) is 6.14. The maximum atomic E-state index is 14.9. The molecule has 2 aromatic carbocycles. The average Bonchev–Trinajstić information content (AvgIpc) is 3.20. The van der Waals surface area contributed by atoms with E-state index < -0.39 is 39.1 Å². The van der Waals surface area contributed by atoms with Crippen LogP contribution in [0.1, 0.15) is 45.3 Å². The first kappa shape index (κ1) is 19.9. The normalized spacial score (nSPS) is 22.3. The van der Waals surface area contributed by atoms with Crippen molar-refractivity contribution >= 4 is 26.7 Å². The molecule has 0 saturated carbocycles. The summed E-state index contributed by atoms with van der Waals surface area (Å²) < 4.78 is 45.1. The van der Waals surface area contributed by atoms with E-state index in [2.05, 4.69) is 0 Å². The SMILES string of the molecule is Cc1cc(C)c2oc3c(c(=O)c2c1)C(c1ccccc1F)N(C1CCS(=O)(=O)C1)C3=O. The van der Waals surface area contributed by atoms with E-state index in [1.165, 1.54) is 23.1 Å². The zero-order valence-corrected chi connectivity index (χ0v) is 17.8. The Kier molecular flexibility index (Phi) is 4.34. The first-order valence-electron chi connectivity index (χ1n) is 10.0. The molecular weight excluding hydrogens is 421 g/mol. The number of hydrogen-bond acceptors (Lipinski definition) is 5. The van der Waals surface area contributed by atoms with Gasteiger partial charge in [-0.25, -0.2) is 12.8 Å². The second kappa shape index (κ2) is 6.75. The Morgan fingerprint density at radius 1 is 1.13 bits per heavy atom. The van der Waals surface area contributed by atoms with Crippen LogP contribution >= 0.6 is 0 Å². The van der Waals surface area contributed by atoms with Gasteiger partial charge in [0.2, 0.25) is 5.76 Å². The Balaban J connectivity index is 1.81. The second-order valence-electron chi connectivity index (χ2n) is 8.33. The lowest BCUT2D eigenvalue weighted by molar-refractivity contribution is 0.0660. The van der Waals surface area contributed by atoms with Crippen molar-refractivity contribution in [2.24, 2.45) is 0 Å². The first-order chi connectivity index (χ1) is 14.7. The van der Waals surface area contributed by atoms with Crippen LogP contribution in [-0.4, -0.2) is 36.8 Å². The number of nitrogens with zero attached hydrogens (tertiary/aromatic N) is 1. The van der Waals surface area contributed by atoms with Gasteiger partial charge < -0.3 is 9.32 Å². The number of carbonyl (C=O) groups excluding carboxylic acids is 1. The van der Waals surface area contributed by atoms with E-state index >= 15 is 0 Å². The predicted molar refractivity (Wildman–Crippen MR) is 113 cm³/mol. The van der Waals surface area contributed by atoms with Crippen molar-refractivity contribution in [2.75, 3.05) is 11.5 Å². The van der Waals surface area contributed by atoms with Crippen molar-refractivity contribution in [1.82, 2.24) is 4.90 Å². The quantitative estimate of drug-likeness (QED) is 0.609. The monoisotopic (exact) mass is 441 g/mol. The third-order valence-corrected chi connectivity index (χ3v) is 7.89. The average molecular weight is 441 g/mol. The highest BCUT2D eigenvalue weighted by Gasteiger charge is 2.49. The van der Waals surface area contributed by atoms with E-state index in [-0.39, 0.29) is 34.8 Å². The molecule has 3 aromatic rings. The van der Waals surface area contributed by atoms with Crippen LogP contribution in [0, 0.1) is 19.7 Å². The van der Waals surface area contributed by atoms with E-state index in [0.717, 1.165) is 5.56 Å². The van der Waals surface area contributed by atoms with E-state index in [1.54, 1.807) is 19.1 Å². The summed E-state index contributed by atoms with van der Waals surface area (Å²) >= 11 is 0. The van der Waals surface area contributed by atoms with Crippen LogP contribution in [0.5, 0.6) is 0 Å². The van der Waals surface area contributed by atoms with Gasteiger partial charge in [0.05, 0.1) is 28.5 Å². The van der Waals surface area contributed by atoms with E-state index in [0.29, 0.717) is 16.5 Å². The highest BCUT2D eigenvalue weighted by molar-refractivity contribution is 7.91. The van der Waals surface area contributed by atoms with Crippen LogP contribution < -0.4 is 5.43 Å². The number of halogens is 1. The molecule has 0 spiro atoms. The van der Waals surface area contributed by atoms with Crippen LogP contribution in [0.2, 0.25) is 0 Å². The lowest BCUT2D eigenvalue weighted by Gasteiger charge is -2.30. The molecule has 2 aliphatic rings. The third kappa shape index (κ3) is 3.00. The standard InChI is InChI=1S/C23H20FNO5S/c1-12-9-13(2)21-16(10-12)20(26)18-19(15-5-3-4-6-17(15)24)25(23(27)22(18)30-21)14-7-8-31(28,29)11-14/h3-6,9-10,14,19H,7-8,11H2,1-2H3. The van der Waals surface area contributed by atoms with Crippen LogP contribution in [0.3, 0.4) is 0 Å². The molecule has 1 fully saturated rings. The van der Waals surface area contributed by atoms with E-state index in [4.69, 9.17) is 4.42 Å². The van der Waals surface area contributed by atoms with Gasteiger partial charge in [-0.15, -0.1) is 0 Å². The summed E-state index contributed by atoms with van der Waals surface area (Å²) in [6.07, 6.45) is 0.235. The van der Waals surface area contributed by atoms with Crippen molar-refractivity contribution in [3.8, 4) is 0 Å². The Labute approximate surface area is 178 Å². The van der Waals surface area contributed by atoms with Gasteiger partial charge in [0.15, 0.2) is 15.3 Å². The Morgan fingerprint density at radius 2 is 1.87 bits per heavy atom. The Hall–Kier alpha value is -3.00. The van der Waals surface area contributed by atoms with Gasteiger partial charge in [0, 0.05) is 11.6 Å².